The van der Waals surface area contributed by atoms with E-state index in [2.05, 4.69) is 11.9 Å². The van der Waals surface area contributed by atoms with Gasteiger partial charge in [-0.15, -0.1) is 0 Å². The number of carbonyl (C=O) groups is 1. The van der Waals surface area contributed by atoms with Gasteiger partial charge in [0.1, 0.15) is 5.75 Å². The second-order valence-electron chi connectivity index (χ2n) is 5.70. The van der Waals surface area contributed by atoms with E-state index in [0.717, 1.165) is 35.7 Å². The van der Waals surface area contributed by atoms with Crippen LogP contribution in [0.4, 0.5) is 0 Å². The molecule has 2 rings (SSSR count). The summed E-state index contributed by atoms with van der Waals surface area (Å²) in [6.07, 6.45) is 8.93. The molecule has 22 heavy (non-hydrogen) atoms. The minimum atomic E-state index is -0.147. The largest absolute Gasteiger partial charge is 0.427 e. The van der Waals surface area contributed by atoms with E-state index in [9.17, 15) is 4.79 Å². The summed E-state index contributed by atoms with van der Waals surface area (Å²) in [6.45, 7) is 2.79. The maximum atomic E-state index is 11.9. The molecule has 0 aliphatic heterocycles. The molecule has 0 spiro atoms. The Kier molecular flexibility index (Phi) is 6.46. The number of benzene rings is 1. The lowest BCUT2D eigenvalue weighted by Gasteiger charge is -2.05. The van der Waals surface area contributed by atoms with E-state index in [1.807, 2.05) is 24.4 Å². The Morgan fingerprint density at radius 2 is 2.05 bits per heavy atom. The normalized spacial score (nSPS) is 11.0. The molecule has 0 saturated carbocycles. The summed E-state index contributed by atoms with van der Waals surface area (Å²) in [5.41, 5.74) is 7.83. The van der Waals surface area contributed by atoms with Gasteiger partial charge in [0.25, 0.3) is 0 Å². The molecule has 0 atom stereocenters. The summed E-state index contributed by atoms with van der Waals surface area (Å²) in [5.74, 6) is 0.468. The summed E-state index contributed by atoms with van der Waals surface area (Å²) >= 11 is 0. The molecule has 4 nitrogen and oxygen atoms in total. The lowest BCUT2D eigenvalue weighted by Crippen LogP contribution is -2.07. The van der Waals surface area contributed by atoms with Gasteiger partial charge in [-0.05, 0) is 43.1 Å². The Morgan fingerprint density at radius 3 is 2.82 bits per heavy atom. The quantitative estimate of drug-likeness (QED) is 0.419. The molecule has 0 aliphatic rings. The average Bonchev–Trinajstić information content (AvgIpc) is 2.90. The molecule has 0 aliphatic carbocycles. The highest BCUT2D eigenvalue weighted by molar-refractivity contribution is 5.85. The van der Waals surface area contributed by atoms with Crippen LogP contribution in [0.3, 0.4) is 0 Å². The van der Waals surface area contributed by atoms with Crippen LogP contribution in [0.25, 0.3) is 10.9 Å². The highest BCUT2D eigenvalue weighted by Gasteiger charge is 2.08. The summed E-state index contributed by atoms with van der Waals surface area (Å²) in [7, 11) is 0. The fourth-order valence-corrected chi connectivity index (χ4v) is 2.64. The second-order valence-corrected chi connectivity index (χ2v) is 5.70. The Hall–Kier alpha value is -1.81. The van der Waals surface area contributed by atoms with Gasteiger partial charge in [0, 0.05) is 23.5 Å². The Bertz CT molecular complexity index is 604. The van der Waals surface area contributed by atoms with Gasteiger partial charge in [-0.1, -0.05) is 32.6 Å². The number of fused-ring (bicyclic) bond motifs is 1. The van der Waals surface area contributed by atoms with Crippen molar-refractivity contribution in [1.82, 2.24) is 4.98 Å². The Labute approximate surface area is 132 Å². The van der Waals surface area contributed by atoms with Gasteiger partial charge in [0.15, 0.2) is 0 Å². The van der Waals surface area contributed by atoms with Crippen molar-refractivity contribution < 1.29 is 9.53 Å². The van der Waals surface area contributed by atoms with Crippen LogP contribution in [-0.4, -0.2) is 17.5 Å². The van der Waals surface area contributed by atoms with E-state index >= 15 is 0 Å². The van der Waals surface area contributed by atoms with Gasteiger partial charge >= 0.3 is 5.97 Å². The molecule has 1 aromatic carbocycles. The molecule has 0 saturated heterocycles. The standard InChI is InChI=1S/C18H26N2O2/c1-2-3-4-5-6-7-18(21)22-15-8-9-17-16(12-15)14(10-11-19)13-20-17/h8-9,12-13,20H,2-7,10-11,19H2,1H3. The predicted octanol–water partition coefficient (Wildman–Crippen LogP) is 3.94. The number of hydrogen-bond donors (Lipinski definition) is 2. The highest BCUT2D eigenvalue weighted by Crippen LogP contribution is 2.24. The fourth-order valence-electron chi connectivity index (χ4n) is 2.64. The Balaban J connectivity index is 1.90. The molecule has 0 bridgehead atoms. The van der Waals surface area contributed by atoms with Crippen molar-refractivity contribution >= 4 is 16.9 Å². The van der Waals surface area contributed by atoms with Crippen LogP contribution < -0.4 is 10.5 Å². The number of ether oxygens (including phenoxy) is 1. The number of esters is 1. The smallest absolute Gasteiger partial charge is 0.311 e. The number of H-pyrrole nitrogens is 1. The van der Waals surface area contributed by atoms with Crippen molar-refractivity contribution in [2.24, 2.45) is 5.73 Å². The summed E-state index contributed by atoms with van der Waals surface area (Å²) < 4.78 is 5.45. The van der Waals surface area contributed by atoms with Crippen LogP contribution in [0.2, 0.25) is 0 Å². The number of nitrogens with one attached hydrogen (secondary N) is 1. The summed E-state index contributed by atoms with van der Waals surface area (Å²) in [5, 5.41) is 1.08. The minimum absolute atomic E-state index is 0.147. The second kappa shape index (κ2) is 8.59. The van der Waals surface area contributed by atoms with Gasteiger partial charge in [0.05, 0.1) is 0 Å². The number of hydrogen-bond acceptors (Lipinski definition) is 3. The van der Waals surface area contributed by atoms with Crippen molar-refractivity contribution in [3.05, 3.63) is 30.0 Å². The zero-order valence-electron chi connectivity index (χ0n) is 13.4. The summed E-state index contributed by atoms with van der Waals surface area (Å²) in [6, 6.07) is 5.70. The van der Waals surface area contributed by atoms with E-state index in [1.54, 1.807) is 0 Å². The molecule has 0 unspecified atom stereocenters. The summed E-state index contributed by atoms with van der Waals surface area (Å²) in [4.78, 5) is 15.1. The lowest BCUT2D eigenvalue weighted by atomic mass is 10.1. The minimum Gasteiger partial charge on any atom is -0.427 e. The van der Waals surface area contributed by atoms with Crippen LogP contribution in [0.15, 0.2) is 24.4 Å². The number of aromatic amines is 1. The molecule has 0 radical (unpaired) electrons. The SMILES string of the molecule is CCCCCCCC(=O)Oc1ccc2[nH]cc(CCN)c2c1. The molecule has 0 amide bonds. The number of unbranched alkanes of at least 4 members (excludes halogenated alkanes) is 4. The molecule has 3 N–H and O–H groups in total. The first kappa shape index (κ1) is 16.6. The van der Waals surface area contributed by atoms with E-state index in [-0.39, 0.29) is 5.97 Å². The number of rotatable bonds is 9. The van der Waals surface area contributed by atoms with Gasteiger partial charge in [0.2, 0.25) is 0 Å². The van der Waals surface area contributed by atoms with E-state index < -0.39 is 0 Å². The Morgan fingerprint density at radius 1 is 1.23 bits per heavy atom. The van der Waals surface area contributed by atoms with Crippen molar-refractivity contribution in [1.29, 1.82) is 0 Å². The van der Waals surface area contributed by atoms with Crippen LogP contribution in [-0.2, 0) is 11.2 Å². The van der Waals surface area contributed by atoms with Gasteiger partial charge in [-0.3, -0.25) is 4.79 Å². The van der Waals surface area contributed by atoms with Crippen molar-refractivity contribution in [2.45, 2.75) is 51.9 Å². The maximum Gasteiger partial charge on any atom is 0.311 e. The molecule has 1 aromatic heterocycles. The van der Waals surface area contributed by atoms with Crippen LogP contribution in [0.5, 0.6) is 5.75 Å². The third-order valence-corrected chi connectivity index (χ3v) is 3.87. The van der Waals surface area contributed by atoms with Crippen molar-refractivity contribution in [3.63, 3.8) is 0 Å². The predicted molar refractivity (Wildman–Crippen MR) is 90.1 cm³/mol. The number of carbonyl (C=O) groups excluding carboxylic acids is 1. The van der Waals surface area contributed by atoms with Gasteiger partial charge < -0.3 is 15.5 Å². The van der Waals surface area contributed by atoms with E-state index in [4.69, 9.17) is 10.5 Å². The monoisotopic (exact) mass is 302 g/mol. The average molecular weight is 302 g/mol. The van der Waals surface area contributed by atoms with Crippen molar-refractivity contribution in [2.75, 3.05) is 6.54 Å². The van der Waals surface area contributed by atoms with Crippen LogP contribution in [0, 0.1) is 0 Å². The lowest BCUT2D eigenvalue weighted by molar-refractivity contribution is -0.134. The van der Waals surface area contributed by atoms with Crippen LogP contribution in [0.1, 0.15) is 51.0 Å². The topological polar surface area (TPSA) is 68.1 Å². The fraction of sp³-hybridized carbons (Fsp3) is 0.500. The van der Waals surface area contributed by atoms with Crippen LogP contribution >= 0.6 is 0 Å². The first-order chi connectivity index (χ1) is 10.7. The third kappa shape index (κ3) is 4.60. The van der Waals surface area contributed by atoms with Gasteiger partial charge in [-0.2, -0.15) is 0 Å². The first-order valence-corrected chi connectivity index (χ1v) is 8.25. The molecular formula is C18H26N2O2. The molecular weight excluding hydrogens is 276 g/mol. The van der Waals surface area contributed by atoms with E-state index in [1.165, 1.54) is 19.3 Å². The molecule has 2 aromatic rings. The maximum absolute atomic E-state index is 11.9. The first-order valence-electron chi connectivity index (χ1n) is 8.25. The highest BCUT2D eigenvalue weighted by atomic mass is 16.5. The molecule has 0 fully saturated rings. The third-order valence-electron chi connectivity index (χ3n) is 3.87. The van der Waals surface area contributed by atoms with E-state index in [0.29, 0.717) is 18.7 Å². The number of nitrogens with two attached hydrogens (primary N) is 1. The molecule has 1 heterocycles. The molecule has 120 valence electrons. The number of aromatic nitrogens is 1. The van der Waals surface area contributed by atoms with Gasteiger partial charge in [-0.25, -0.2) is 0 Å². The zero-order chi connectivity index (χ0) is 15.8. The molecule has 4 heteroatoms. The van der Waals surface area contributed by atoms with Crippen molar-refractivity contribution in [3.8, 4) is 5.75 Å². The zero-order valence-corrected chi connectivity index (χ0v) is 13.4.